The van der Waals surface area contributed by atoms with Gasteiger partial charge in [-0.1, -0.05) is 18.2 Å². The maximum atomic E-state index is 13.1. The Balaban J connectivity index is 1.87. The SMILES string of the molecule is CCOC(=O)C1=C(N2CCCC2)C2c3ccccc3SC12C(=O)OCC. The zero-order valence-corrected chi connectivity index (χ0v) is 15.9. The number of benzene rings is 1. The molecule has 1 aliphatic carbocycles. The summed E-state index contributed by atoms with van der Waals surface area (Å²) in [5.74, 6) is -0.864. The van der Waals surface area contributed by atoms with Crippen LogP contribution in [0, 0.1) is 0 Å². The zero-order chi connectivity index (χ0) is 18.3. The van der Waals surface area contributed by atoms with Crippen LogP contribution in [0.3, 0.4) is 0 Å². The van der Waals surface area contributed by atoms with Gasteiger partial charge in [-0.05, 0) is 38.3 Å². The van der Waals surface area contributed by atoms with Crippen molar-refractivity contribution in [3.63, 3.8) is 0 Å². The second kappa shape index (κ2) is 6.65. The minimum Gasteiger partial charge on any atom is -0.465 e. The van der Waals surface area contributed by atoms with Gasteiger partial charge in [-0.3, -0.25) is 4.79 Å². The molecule has 138 valence electrons. The van der Waals surface area contributed by atoms with Crippen molar-refractivity contribution >= 4 is 23.7 Å². The number of likely N-dealkylation sites (tertiary alicyclic amines) is 1. The Labute approximate surface area is 157 Å². The third kappa shape index (κ3) is 2.31. The fraction of sp³-hybridized carbons (Fsp3) is 0.500. The molecule has 2 aliphatic heterocycles. The van der Waals surface area contributed by atoms with Crippen LogP contribution in [-0.4, -0.2) is 47.9 Å². The number of nitrogens with zero attached hydrogens (tertiary/aromatic N) is 1. The number of allylic oxidation sites excluding steroid dienone is 1. The molecule has 6 heteroatoms. The molecule has 1 fully saturated rings. The molecule has 2 unspecified atom stereocenters. The third-order valence-corrected chi connectivity index (χ3v) is 6.83. The van der Waals surface area contributed by atoms with Gasteiger partial charge in [0, 0.05) is 23.7 Å². The molecule has 1 aromatic rings. The summed E-state index contributed by atoms with van der Waals surface area (Å²) in [5, 5.41) is 0. The van der Waals surface area contributed by atoms with Crippen LogP contribution in [0.4, 0.5) is 0 Å². The van der Waals surface area contributed by atoms with Crippen molar-refractivity contribution in [2.45, 2.75) is 42.2 Å². The number of fused-ring (bicyclic) bond motifs is 3. The summed E-state index contributed by atoms with van der Waals surface area (Å²) in [6.07, 6.45) is 2.21. The van der Waals surface area contributed by atoms with Gasteiger partial charge in [0.15, 0.2) is 4.75 Å². The molecule has 0 bridgehead atoms. The van der Waals surface area contributed by atoms with Crippen LogP contribution < -0.4 is 0 Å². The average Bonchev–Trinajstić information content (AvgIpc) is 3.22. The van der Waals surface area contributed by atoms with Crippen LogP contribution in [0.1, 0.15) is 38.2 Å². The molecule has 1 saturated heterocycles. The van der Waals surface area contributed by atoms with Crippen LogP contribution >= 0.6 is 11.8 Å². The fourth-order valence-electron chi connectivity index (χ4n) is 4.31. The molecular weight excluding hydrogens is 350 g/mol. The normalized spacial score (nSPS) is 26.2. The molecule has 4 rings (SSSR count). The Morgan fingerprint density at radius 2 is 1.85 bits per heavy atom. The van der Waals surface area contributed by atoms with Crippen molar-refractivity contribution in [2.75, 3.05) is 26.3 Å². The van der Waals surface area contributed by atoms with Crippen molar-refractivity contribution < 1.29 is 19.1 Å². The highest BCUT2D eigenvalue weighted by Gasteiger charge is 2.69. The predicted molar refractivity (Wildman–Crippen MR) is 98.9 cm³/mol. The number of carbonyl (C=O) groups excluding carboxylic acids is 2. The van der Waals surface area contributed by atoms with E-state index in [0.717, 1.165) is 42.1 Å². The minimum absolute atomic E-state index is 0.139. The van der Waals surface area contributed by atoms with Crippen LogP contribution in [0.2, 0.25) is 0 Å². The first-order valence-electron chi connectivity index (χ1n) is 9.27. The van der Waals surface area contributed by atoms with Crippen molar-refractivity contribution in [2.24, 2.45) is 0 Å². The summed E-state index contributed by atoms with van der Waals surface area (Å²) in [6.45, 7) is 6.00. The van der Waals surface area contributed by atoms with Crippen molar-refractivity contribution in [3.05, 3.63) is 41.1 Å². The van der Waals surface area contributed by atoms with E-state index in [2.05, 4.69) is 11.0 Å². The monoisotopic (exact) mass is 373 g/mol. The Morgan fingerprint density at radius 1 is 1.15 bits per heavy atom. The van der Waals surface area contributed by atoms with Gasteiger partial charge in [-0.25, -0.2) is 4.79 Å². The minimum atomic E-state index is -1.01. The Bertz CT molecular complexity index is 784. The van der Waals surface area contributed by atoms with Gasteiger partial charge in [0.1, 0.15) is 0 Å². The van der Waals surface area contributed by atoms with Gasteiger partial charge in [0.25, 0.3) is 0 Å². The molecule has 5 nitrogen and oxygen atoms in total. The molecule has 2 heterocycles. The van der Waals surface area contributed by atoms with E-state index in [4.69, 9.17) is 9.47 Å². The maximum absolute atomic E-state index is 13.1. The average molecular weight is 373 g/mol. The molecule has 0 aromatic heterocycles. The van der Waals surface area contributed by atoms with E-state index in [1.54, 1.807) is 13.8 Å². The third-order valence-electron chi connectivity index (χ3n) is 5.31. The topological polar surface area (TPSA) is 55.8 Å². The van der Waals surface area contributed by atoms with E-state index < -0.39 is 4.75 Å². The summed E-state index contributed by atoms with van der Waals surface area (Å²) in [7, 11) is 0. The van der Waals surface area contributed by atoms with Crippen LogP contribution in [0.5, 0.6) is 0 Å². The van der Waals surface area contributed by atoms with Crippen LogP contribution in [0.25, 0.3) is 0 Å². The highest BCUT2D eigenvalue weighted by molar-refractivity contribution is 8.02. The number of thioether (sulfide) groups is 1. The van der Waals surface area contributed by atoms with E-state index in [-0.39, 0.29) is 24.5 Å². The van der Waals surface area contributed by atoms with Crippen molar-refractivity contribution in [1.82, 2.24) is 4.90 Å². The molecule has 2 atom stereocenters. The summed E-state index contributed by atoms with van der Waals surface area (Å²) < 4.78 is 9.77. The molecule has 0 saturated carbocycles. The van der Waals surface area contributed by atoms with E-state index in [9.17, 15) is 9.59 Å². The number of carbonyl (C=O) groups is 2. The summed E-state index contributed by atoms with van der Waals surface area (Å²) >= 11 is 1.45. The van der Waals surface area contributed by atoms with Crippen LogP contribution in [0.15, 0.2) is 40.4 Å². The first-order valence-corrected chi connectivity index (χ1v) is 10.1. The Morgan fingerprint density at radius 3 is 2.54 bits per heavy atom. The summed E-state index contributed by atoms with van der Waals surface area (Å²) in [4.78, 5) is 29.2. The highest BCUT2D eigenvalue weighted by Crippen LogP contribution is 2.68. The van der Waals surface area contributed by atoms with Crippen LogP contribution in [-0.2, 0) is 19.1 Å². The Hall–Kier alpha value is -1.95. The predicted octanol–water partition coefficient (Wildman–Crippen LogP) is 3.10. The highest BCUT2D eigenvalue weighted by atomic mass is 32.2. The van der Waals surface area contributed by atoms with Gasteiger partial charge >= 0.3 is 11.9 Å². The lowest BCUT2D eigenvalue weighted by Gasteiger charge is -2.48. The summed E-state index contributed by atoms with van der Waals surface area (Å²) in [6, 6.07) is 8.04. The standard InChI is InChI=1S/C20H23NO4S/c1-3-24-18(22)16-17(21-11-7-8-12-21)15-13-9-5-6-10-14(13)26-20(15,16)19(23)25-4-2/h5-6,9-10,15H,3-4,7-8,11-12H2,1-2H3. The number of hydrogen-bond acceptors (Lipinski definition) is 6. The Kier molecular flexibility index (Phi) is 4.47. The molecular formula is C20H23NO4S. The van der Waals surface area contributed by atoms with Gasteiger partial charge in [-0.2, -0.15) is 0 Å². The van der Waals surface area contributed by atoms with Crippen molar-refractivity contribution in [1.29, 1.82) is 0 Å². The van der Waals surface area contributed by atoms with Gasteiger partial charge in [-0.15, -0.1) is 11.8 Å². The second-order valence-corrected chi connectivity index (χ2v) is 7.99. The number of esters is 2. The molecule has 3 aliphatic rings. The number of rotatable bonds is 5. The van der Waals surface area contributed by atoms with E-state index in [1.807, 2.05) is 18.2 Å². The van der Waals surface area contributed by atoms with Crippen molar-refractivity contribution in [3.8, 4) is 0 Å². The quantitative estimate of drug-likeness (QED) is 0.739. The molecule has 26 heavy (non-hydrogen) atoms. The van der Waals surface area contributed by atoms with E-state index >= 15 is 0 Å². The van der Waals surface area contributed by atoms with Gasteiger partial charge in [0.05, 0.1) is 24.7 Å². The fourth-order valence-corrected chi connectivity index (χ4v) is 5.90. The largest absolute Gasteiger partial charge is 0.465 e. The first-order chi connectivity index (χ1) is 12.6. The second-order valence-electron chi connectivity index (χ2n) is 6.70. The molecule has 0 amide bonds. The zero-order valence-electron chi connectivity index (χ0n) is 15.1. The lowest BCUT2D eigenvalue weighted by Crippen LogP contribution is -2.56. The maximum Gasteiger partial charge on any atom is 0.337 e. The summed E-state index contributed by atoms with van der Waals surface area (Å²) in [5.41, 5.74) is 2.57. The molecule has 0 N–H and O–H groups in total. The number of hydrogen-bond donors (Lipinski definition) is 0. The van der Waals surface area contributed by atoms with Gasteiger partial charge < -0.3 is 14.4 Å². The molecule has 1 aromatic carbocycles. The molecule has 0 spiro atoms. The van der Waals surface area contributed by atoms with E-state index in [0.29, 0.717) is 12.2 Å². The molecule has 0 radical (unpaired) electrons. The lowest BCUT2D eigenvalue weighted by atomic mass is 9.66. The number of ether oxygens (including phenoxy) is 2. The first kappa shape index (κ1) is 17.5. The smallest absolute Gasteiger partial charge is 0.337 e. The lowest BCUT2D eigenvalue weighted by molar-refractivity contribution is -0.150. The van der Waals surface area contributed by atoms with E-state index in [1.165, 1.54) is 11.8 Å². The van der Waals surface area contributed by atoms with Gasteiger partial charge in [0.2, 0.25) is 0 Å².